The van der Waals surface area contributed by atoms with Gasteiger partial charge in [-0.2, -0.15) is 4.31 Å². The van der Waals surface area contributed by atoms with Crippen LogP contribution >= 0.6 is 0 Å². The Hall–Kier alpha value is -2.99. The van der Waals surface area contributed by atoms with E-state index in [1.807, 2.05) is 0 Å². The number of Topliss-reactive ketones (excluding diaryl/α,β-unsaturated/α-hetero) is 1. The van der Waals surface area contributed by atoms with E-state index in [-0.39, 0.29) is 42.3 Å². The largest absolute Gasteiger partial charge is 0.573 e. The highest BCUT2D eigenvalue weighted by Crippen LogP contribution is 2.32. The molecular weight excluding hydrogens is 485 g/mol. The summed E-state index contributed by atoms with van der Waals surface area (Å²) >= 11 is 0. The summed E-state index contributed by atoms with van der Waals surface area (Å²) in [6, 6.07) is 6.65. The number of halogens is 5. The highest BCUT2D eigenvalue weighted by molar-refractivity contribution is 7.89. The first-order valence-electron chi connectivity index (χ1n) is 10.2. The molecule has 0 spiro atoms. The normalized spacial score (nSPS) is 17.4. The van der Waals surface area contributed by atoms with Crippen molar-refractivity contribution in [2.24, 2.45) is 0 Å². The topological polar surface area (TPSA) is 76.8 Å². The molecule has 182 valence electrons. The number of hydrogen-bond donors (Lipinski definition) is 0. The fraction of sp³-hybridized carbons (Fsp3) is 0.318. The second-order valence-corrected chi connectivity index (χ2v) is 9.62. The summed E-state index contributed by atoms with van der Waals surface area (Å²) in [6.07, 6.45) is -4.61. The van der Waals surface area contributed by atoms with Crippen LogP contribution in [0.4, 0.5) is 22.0 Å². The molecule has 0 saturated carbocycles. The highest BCUT2D eigenvalue weighted by atomic mass is 32.2. The van der Waals surface area contributed by atoms with E-state index in [1.54, 1.807) is 0 Å². The van der Waals surface area contributed by atoms with Gasteiger partial charge in [-0.25, -0.2) is 17.2 Å². The summed E-state index contributed by atoms with van der Waals surface area (Å²) < 4.78 is 101. The number of sulfonamides is 1. The van der Waals surface area contributed by atoms with Gasteiger partial charge < -0.3 is 9.15 Å². The third kappa shape index (κ3) is 5.07. The molecule has 1 atom stereocenters. The Kier molecular flexibility index (Phi) is 6.38. The van der Waals surface area contributed by atoms with Gasteiger partial charge in [0, 0.05) is 24.4 Å². The fourth-order valence-corrected chi connectivity index (χ4v) is 5.55. The van der Waals surface area contributed by atoms with Crippen molar-refractivity contribution in [1.82, 2.24) is 4.31 Å². The van der Waals surface area contributed by atoms with Gasteiger partial charge in [-0.05, 0) is 55.2 Å². The van der Waals surface area contributed by atoms with E-state index in [0.717, 1.165) is 28.6 Å². The van der Waals surface area contributed by atoms with E-state index < -0.39 is 50.7 Å². The van der Waals surface area contributed by atoms with Crippen molar-refractivity contribution in [1.29, 1.82) is 0 Å². The summed E-state index contributed by atoms with van der Waals surface area (Å²) in [4.78, 5) is 12.8. The number of hydrogen-bond acceptors (Lipinski definition) is 5. The molecular formula is C22H18F5NO5S. The van der Waals surface area contributed by atoms with Crippen LogP contribution in [-0.4, -0.2) is 37.5 Å². The Bertz CT molecular complexity index is 1340. The second kappa shape index (κ2) is 8.99. The molecule has 1 aliphatic rings. The van der Waals surface area contributed by atoms with Crippen LogP contribution in [0.15, 0.2) is 52.0 Å². The Balaban J connectivity index is 1.48. The summed E-state index contributed by atoms with van der Waals surface area (Å²) in [5.41, 5.74) is 0.399. The van der Waals surface area contributed by atoms with Gasteiger partial charge in [-0.3, -0.25) is 4.79 Å². The predicted molar refractivity (Wildman–Crippen MR) is 109 cm³/mol. The lowest BCUT2D eigenvalue weighted by Crippen LogP contribution is -2.40. The summed E-state index contributed by atoms with van der Waals surface area (Å²) in [6.45, 7) is 0.0737. The minimum Gasteiger partial charge on any atom is -0.443 e. The lowest BCUT2D eigenvalue weighted by Gasteiger charge is -2.21. The minimum atomic E-state index is -5.07. The van der Waals surface area contributed by atoms with Crippen LogP contribution in [0, 0.1) is 11.6 Å². The number of rotatable bonds is 7. The molecule has 1 fully saturated rings. The van der Waals surface area contributed by atoms with Crippen LogP contribution in [0.2, 0.25) is 0 Å². The molecule has 1 unspecified atom stereocenters. The molecule has 0 amide bonds. The molecule has 2 aromatic carbocycles. The quantitative estimate of drug-likeness (QED) is 0.426. The van der Waals surface area contributed by atoms with E-state index in [2.05, 4.69) is 4.74 Å². The van der Waals surface area contributed by atoms with Crippen LogP contribution in [0.5, 0.6) is 5.75 Å². The lowest BCUT2D eigenvalue weighted by molar-refractivity contribution is -0.275. The van der Waals surface area contributed by atoms with Gasteiger partial charge in [0.2, 0.25) is 5.09 Å². The van der Waals surface area contributed by atoms with E-state index in [4.69, 9.17) is 4.42 Å². The standard InChI is InChI=1S/C22H18F5NO5S/c23-15-5-8-19-14(11-15)12-21(32-19)34(30,31)28-9-1-2-17(28)18(29)7-4-13-3-6-16(24)20(10-13)33-22(25,26)27/h3,5-6,8,10-12,17H,1-2,4,7,9H2. The van der Waals surface area contributed by atoms with Crippen molar-refractivity contribution in [3.8, 4) is 5.75 Å². The number of furan rings is 1. The average Bonchev–Trinajstić information content (AvgIpc) is 3.40. The molecule has 1 aliphatic heterocycles. The van der Waals surface area contributed by atoms with E-state index >= 15 is 0 Å². The maximum atomic E-state index is 13.6. The summed E-state index contributed by atoms with van der Waals surface area (Å²) in [5, 5.41) is -0.158. The van der Waals surface area contributed by atoms with Gasteiger partial charge >= 0.3 is 6.36 Å². The fourth-order valence-electron chi connectivity index (χ4n) is 3.92. The number of carbonyl (C=O) groups is 1. The van der Waals surface area contributed by atoms with Crippen LogP contribution in [0.1, 0.15) is 24.8 Å². The van der Waals surface area contributed by atoms with Gasteiger partial charge in [-0.1, -0.05) is 6.07 Å². The molecule has 2 heterocycles. The molecule has 4 rings (SSSR count). The first kappa shape index (κ1) is 24.1. The molecule has 0 N–H and O–H groups in total. The van der Waals surface area contributed by atoms with Crippen molar-refractivity contribution in [2.45, 2.75) is 43.2 Å². The predicted octanol–water partition coefficient (Wildman–Crippen LogP) is 4.96. The molecule has 12 heteroatoms. The minimum absolute atomic E-state index is 0.0400. The van der Waals surface area contributed by atoms with Gasteiger partial charge in [0.1, 0.15) is 11.4 Å². The van der Waals surface area contributed by atoms with Gasteiger partial charge in [0.15, 0.2) is 17.3 Å². The number of fused-ring (bicyclic) bond motifs is 1. The number of carbonyl (C=O) groups excluding carboxylic acids is 1. The SMILES string of the molecule is O=C(CCc1ccc(F)c(OC(F)(F)F)c1)C1CCCN1S(=O)(=O)c1cc2cc(F)ccc2o1. The third-order valence-electron chi connectivity index (χ3n) is 5.48. The van der Waals surface area contributed by atoms with Crippen LogP contribution in [-0.2, 0) is 21.2 Å². The first-order valence-corrected chi connectivity index (χ1v) is 11.7. The van der Waals surface area contributed by atoms with E-state index in [0.29, 0.717) is 6.42 Å². The molecule has 0 radical (unpaired) electrons. The zero-order chi connectivity index (χ0) is 24.7. The number of ketones is 1. The van der Waals surface area contributed by atoms with E-state index in [9.17, 15) is 35.2 Å². The number of ether oxygens (including phenoxy) is 1. The number of benzene rings is 2. The van der Waals surface area contributed by atoms with Crippen LogP contribution in [0.25, 0.3) is 11.0 Å². The lowest BCUT2D eigenvalue weighted by atomic mass is 10.0. The Morgan fingerprint density at radius 3 is 2.62 bits per heavy atom. The summed E-state index contributed by atoms with van der Waals surface area (Å²) in [7, 11) is -4.19. The van der Waals surface area contributed by atoms with Gasteiger partial charge in [-0.15, -0.1) is 13.2 Å². The van der Waals surface area contributed by atoms with Gasteiger partial charge in [0.25, 0.3) is 10.0 Å². The number of alkyl halides is 3. The molecule has 1 saturated heterocycles. The van der Waals surface area contributed by atoms with Crippen LogP contribution < -0.4 is 4.74 Å². The Labute approximate surface area is 191 Å². The third-order valence-corrected chi connectivity index (χ3v) is 7.24. The maximum Gasteiger partial charge on any atom is 0.573 e. The second-order valence-electron chi connectivity index (χ2n) is 7.80. The van der Waals surface area contributed by atoms with Crippen molar-refractivity contribution in [2.75, 3.05) is 6.54 Å². The molecule has 0 aliphatic carbocycles. The summed E-state index contributed by atoms with van der Waals surface area (Å²) in [5.74, 6) is -3.21. The monoisotopic (exact) mass is 503 g/mol. The first-order chi connectivity index (χ1) is 15.9. The average molecular weight is 503 g/mol. The van der Waals surface area contributed by atoms with Crippen molar-refractivity contribution >= 4 is 26.8 Å². The molecule has 3 aromatic rings. The molecule has 6 nitrogen and oxygen atoms in total. The van der Waals surface area contributed by atoms with Crippen LogP contribution in [0.3, 0.4) is 0 Å². The molecule has 0 bridgehead atoms. The van der Waals surface area contributed by atoms with Gasteiger partial charge in [0.05, 0.1) is 6.04 Å². The van der Waals surface area contributed by atoms with Crippen molar-refractivity contribution < 1.29 is 44.3 Å². The Morgan fingerprint density at radius 1 is 1.12 bits per heavy atom. The zero-order valence-corrected chi connectivity index (χ0v) is 18.3. The highest BCUT2D eigenvalue weighted by Gasteiger charge is 2.40. The Morgan fingerprint density at radius 2 is 1.88 bits per heavy atom. The maximum absolute atomic E-state index is 13.6. The zero-order valence-electron chi connectivity index (χ0n) is 17.4. The molecule has 34 heavy (non-hydrogen) atoms. The smallest absolute Gasteiger partial charge is 0.443 e. The van der Waals surface area contributed by atoms with Crippen molar-refractivity contribution in [3.63, 3.8) is 0 Å². The number of aryl methyl sites for hydroxylation is 1. The molecule has 1 aromatic heterocycles. The van der Waals surface area contributed by atoms with E-state index in [1.165, 1.54) is 18.2 Å². The number of nitrogens with zero attached hydrogens (tertiary/aromatic N) is 1. The van der Waals surface area contributed by atoms with Crippen molar-refractivity contribution in [3.05, 3.63) is 59.7 Å².